The van der Waals surface area contributed by atoms with Crippen molar-refractivity contribution in [2.75, 3.05) is 11.6 Å². The molecule has 2 heterocycles. The molecule has 200 valence electrons. The third-order valence-electron chi connectivity index (χ3n) is 4.82. The number of anilines is 1. The van der Waals surface area contributed by atoms with E-state index in [-0.39, 0.29) is 21.8 Å². The van der Waals surface area contributed by atoms with E-state index in [0.29, 0.717) is 10.6 Å². The van der Waals surface area contributed by atoms with Gasteiger partial charge >= 0.3 is 18.6 Å². The molecule has 16 heteroatoms. The minimum absolute atomic E-state index is 0.00159. The molecule has 0 saturated heterocycles. The molecule has 0 bridgehead atoms. The smallest absolute Gasteiger partial charge is 0.406 e. The summed E-state index contributed by atoms with van der Waals surface area (Å²) >= 11 is 0. The minimum Gasteiger partial charge on any atom is -0.406 e. The first-order valence-corrected chi connectivity index (χ1v) is 12.1. The van der Waals surface area contributed by atoms with Gasteiger partial charge in [0.1, 0.15) is 5.75 Å². The number of halogens is 6. The van der Waals surface area contributed by atoms with Crippen LogP contribution in [0.3, 0.4) is 0 Å². The van der Waals surface area contributed by atoms with E-state index in [1.807, 2.05) is 0 Å². The number of carbonyl (C=O) groups excluding carboxylic acids is 1. The van der Waals surface area contributed by atoms with Crippen LogP contribution in [0.5, 0.6) is 11.5 Å². The van der Waals surface area contributed by atoms with Crippen molar-refractivity contribution in [3.8, 4) is 22.8 Å². The highest BCUT2D eigenvalue weighted by Gasteiger charge is 2.36. The van der Waals surface area contributed by atoms with Crippen LogP contribution in [0.25, 0.3) is 16.9 Å². The number of benzene rings is 2. The predicted molar refractivity (Wildman–Crippen MR) is 119 cm³/mol. The van der Waals surface area contributed by atoms with Crippen LogP contribution in [0, 0.1) is 0 Å². The van der Waals surface area contributed by atoms with Crippen LogP contribution in [0.1, 0.15) is 5.69 Å². The van der Waals surface area contributed by atoms with Crippen molar-refractivity contribution in [3.05, 3.63) is 66.5 Å². The lowest BCUT2D eigenvalue weighted by atomic mass is 10.1. The van der Waals surface area contributed by atoms with E-state index in [2.05, 4.69) is 20.1 Å². The molecule has 0 saturated carbocycles. The summed E-state index contributed by atoms with van der Waals surface area (Å²) < 4.78 is 111. The van der Waals surface area contributed by atoms with Gasteiger partial charge in [0, 0.05) is 17.5 Å². The van der Waals surface area contributed by atoms with Gasteiger partial charge in [0.25, 0.3) is 0 Å². The number of alkyl halides is 6. The molecular formula is C22H14F6N4O5S. The van der Waals surface area contributed by atoms with E-state index < -0.39 is 51.3 Å². The molecule has 1 amide bonds. The number of amides is 1. The fourth-order valence-electron chi connectivity index (χ4n) is 3.24. The molecule has 0 fully saturated rings. The van der Waals surface area contributed by atoms with E-state index in [1.165, 1.54) is 18.2 Å². The number of sulfone groups is 1. The van der Waals surface area contributed by atoms with Crippen molar-refractivity contribution in [3.63, 3.8) is 0 Å². The lowest BCUT2D eigenvalue weighted by Crippen LogP contribution is -2.17. The van der Waals surface area contributed by atoms with Gasteiger partial charge in [-0.1, -0.05) is 6.07 Å². The summed E-state index contributed by atoms with van der Waals surface area (Å²) in [7, 11) is -3.59. The standard InChI is InChI=1S/C22H14F6N4O5S/c1-38(34,35)15-4-2-3-13(9-15)30-20(33)36-17-11-29-32-18(21(23,24)25)10-16(31-19(17)32)12-5-7-14(8-6-12)37-22(26,27)28/h2-11H,1H3,(H,30,33). The lowest BCUT2D eigenvalue weighted by molar-refractivity contribution is -0.274. The molecule has 9 nitrogen and oxygen atoms in total. The highest BCUT2D eigenvalue weighted by atomic mass is 32.2. The number of rotatable bonds is 5. The normalized spacial score (nSPS) is 12.4. The monoisotopic (exact) mass is 560 g/mol. The quantitative estimate of drug-likeness (QED) is 0.329. The zero-order valence-corrected chi connectivity index (χ0v) is 19.6. The van der Waals surface area contributed by atoms with Crippen LogP contribution in [0.15, 0.2) is 65.7 Å². The minimum atomic E-state index is -4.96. The number of ether oxygens (including phenoxy) is 2. The Hall–Kier alpha value is -4.34. The Morgan fingerprint density at radius 3 is 2.29 bits per heavy atom. The van der Waals surface area contributed by atoms with Crippen LogP contribution >= 0.6 is 0 Å². The molecular weight excluding hydrogens is 546 g/mol. The highest BCUT2D eigenvalue weighted by Crippen LogP contribution is 2.35. The van der Waals surface area contributed by atoms with Gasteiger partial charge in [-0.2, -0.15) is 18.3 Å². The van der Waals surface area contributed by atoms with Crippen molar-refractivity contribution in [2.24, 2.45) is 0 Å². The highest BCUT2D eigenvalue weighted by molar-refractivity contribution is 7.90. The summed E-state index contributed by atoms with van der Waals surface area (Å²) in [5, 5.41) is 5.84. The number of hydrogen-bond acceptors (Lipinski definition) is 7. The average Bonchev–Trinajstić information content (AvgIpc) is 3.19. The first kappa shape index (κ1) is 26.7. The van der Waals surface area contributed by atoms with E-state index in [0.717, 1.165) is 42.8 Å². The molecule has 0 aliphatic heterocycles. The topological polar surface area (TPSA) is 112 Å². The van der Waals surface area contributed by atoms with Gasteiger partial charge < -0.3 is 9.47 Å². The third-order valence-corrected chi connectivity index (χ3v) is 5.94. The number of nitrogens with one attached hydrogen (secondary N) is 1. The van der Waals surface area contributed by atoms with E-state index in [1.54, 1.807) is 0 Å². The van der Waals surface area contributed by atoms with Crippen LogP contribution in [-0.4, -0.2) is 41.7 Å². The number of hydrogen-bond donors (Lipinski definition) is 1. The maximum absolute atomic E-state index is 13.8. The van der Waals surface area contributed by atoms with Gasteiger partial charge in [0.05, 0.1) is 16.8 Å². The molecule has 0 aliphatic rings. The van der Waals surface area contributed by atoms with E-state index >= 15 is 0 Å². The van der Waals surface area contributed by atoms with Gasteiger partial charge in [0.2, 0.25) is 0 Å². The van der Waals surface area contributed by atoms with Crippen molar-refractivity contribution < 1.29 is 49.0 Å². The SMILES string of the molecule is CS(=O)(=O)c1cccc(NC(=O)Oc2cnn3c(C(F)(F)F)cc(-c4ccc(OC(F)(F)F)cc4)nc23)c1. The Kier molecular flexibility index (Phi) is 6.69. The van der Waals surface area contributed by atoms with Gasteiger partial charge in [-0.3, -0.25) is 5.32 Å². The molecule has 2 aromatic carbocycles. The summed E-state index contributed by atoms with van der Waals surface area (Å²) in [5.41, 5.74) is -2.10. The molecule has 4 aromatic rings. The van der Waals surface area contributed by atoms with Crippen molar-refractivity contribution in [1.82, 2.24) is 14.6 Å². The van der Waals surface area contributed by atoms with Gasteiger partial charge in [0.15, 0.2) is 26.9 Å². The summed E-state index contributed by atoms with van der Waals surface area (Å²) in [4.78, 5) is 16.3. The second-order valence-electron chi connectivity index (χ2n) is 7.66. The molecule has 0 spiro atoms. The first-order valence-electron chi connectivity index (χ1n) is 10.2. The zero-order valence-electron chi connectivity index (χ0n) is 18.8. The second kappa shape index (κ2) is 9.51. The van der Waals surface area contributed by atoms with Gasteiger partial charge in [-0.05, 0) is 48.5 Å². The van der Waals surface area contributed by atoms with Crippen LogP contribution < -0.4 is 14.8 Å². The number of aromatic nitrogens is 3. The third kappa shape index (κ3) is 6.13. The zero-order chi connectivity index (χ0) is 27.9. The van der Waals surface area contributed by atoms with Crippen molar-refractivity contribution >= 4 is 27.3 Å². The average molecular weight is 560 g/mol. The Labute approximate surface area is 209 Å². The fourth-order valence-corrected chi connectivity index (χ4v) is 3.91. The fraction of sp³-hybridized carbons (Fsp3) is 0.136. The van der Waals surface area contributed by atoms with Crippen LogP contribution in [0.4, 0.5) is 36.8 Å². The maximum atomic E-state index is 13.8. The molecule has 2 aromatic heterocycles. The summed E-state index contributed by atoms with van der Waals surface area (Å²) in [6, 6.07) is 9.71. The number of fused-ring (bicyclic) bond motifs is 1. The Balaban J connectivity index is 1.67. The summed E-state index contributed by atoms with van der Waals surface area (Å²) in [6.45, 7) is 0. The lowest BCUT2D eigenvalue weighted by Gasteiger charge is -2.12. The Morgan fingerprint density at radius 1 is 1.00 bits per heavy atom. The van der Waals surface area contributed by atoms with Crippen LogP contribution in [-0.2, 0) is 16.0 Å². The van der Waals surface area contributed by atoms with Crippen molar-refractivity contribution in [1.29, 1.82) is 0 Å². The Morgan fingerprint density at radius 2 is 1.68 bits per heavy atom. The first-order chi connectivity index (χ1) is 17.6. The number of nitrogens with zero attached hydrogens (tertiary/aromatic N) is 3. The van der Waals surface area contributed by atoms with Crippen LogP contribution in [0.2, 0.25) is 0 Å². The van der Waals surface area contributed by atoms with Gasteiger partial charge in [-0.15, -0.1) is 13.2 Å². The van der Waals surface area contributed by atoms with E-state index in [9.17, 15) is 39.6 Å². The predicted octanol–water partition coefficient (Wildman–Crippen LogP) is 5.33. The molecule has 0 radical (unpaired) electrons. The Bertz CT molecular complexity index is 1620. The largest absolute Gasteiger partial charge is 0.573 e. The molecule has 1 N–H and O–H groups in total. The van der Waals surface area contributed by atoms with Gasteiger partial charge in [-0.25, -0.2) is 22.7 Å². The molecule has 0 atom stereocenters. The summed E-state index contributed by atoms with van der Waals surface area (Å²) in [6.07, 6.45) is -9.30. The van der Waals surface area contributed by atoms with Crippen molar-refractivity contribution in [2.45, 2.75) is 17.4 Å². The number of carbonyl (C=O) groups is 1. The second-order valence-corrected chi connectivity index (χ2v) is 9.67. The molecule has 0 aliphatic carbocycles. The van der Waals surface area contributed by atoms with E-state index in [4.69, 9.17) is 4.74 Å². The molecule has 38 heavy (non-hydrogen) atoms. The summed E-state index contributed by atoms with van der Waals surface area (Å²) in [5.74, 6) is -1.07. The molecule has 4 rings (SSSR count). The maximum Gasteiger partial charge on any atom is 0.573 e. The molecule has 0 unspecified atom stereocenters.